The predicted octanol–water partition coefficient (Wildman–Crippen LogP) is 2.96. The summed E-state index contributed by atoms with van der Waals surface area (Å²) in [4.78, 5) is 26.7. The molecule has 0 fully saturated rings. The number of aryl methyl sites for hydroxylation is 1. The van der Waals surface area contributed by atoms with Gasteiger partial charge in [-0.25, -0.2) is 4.98 Å². The molecule has 3 rings (SSSR count). The number of anilines is 1. The number of nitro groups is 1. The first-order valence-electron chi connectivity index (χ1n) is 8.14. The standard InChI is InChI=1S/C17H17N5O5S/c1-26-12-3-4-15(27-2)13(7-12)14-10-28-17(19-14)20-16(23)5-6-21-9-11(8-18-21)22(24)25/h3-4,7-10H,5-6H2,1-2H3,(H,19,20,23). The number of carbonyl (C=O) groups is 1. The van der Waals surface area contributed by atoms with E-state index in [4.69, 9.17) is 9.47 Å². The normalized spacial score (nSPS) is 10.5. The van der Waals surface area contributed by atoms with Crippen LogP contribution in [0.25, 0.3) is 11.3 Å². The number of hydrogen-bond donors (Lipinski definition) is 1. The van der Waals surface area contributed by atoms with Crippen LogP contribution in [0.15, 0.2) is 36.0 Å². The van der Waals surface area contributed by atoms with Gasteiger partial charge in [-0.3, -0.25) is 19.6 Å². The lowest BCUT2D eigenvalue weighted by molar-refractivity contribution is -0.385. The van der Waals surface area contributed by atoms with Gasteiger partial charge in [-0.05, 0) is 18.2 Å². The number of rotatable bonds is 8. The van der Waals surface area contributed by atoms with Gasteiger partial charge in [-0.2, -0.15) is 5.10 Å². The van der Waals surface area contributed by atoms with Crippen LogP contribution >= 0.6 is 11.3 Å². The number of thiazole rings is 1. The number of amides is 1. The van der Waals surface area contributed by atoms with Gasteiger partial charge in [0.05, 0.1) is 24.8 Å². The van der Waals surface area contributed by atoms with Crippen LogP contribution in [0.5, 0.6) is 11.5 Å². The lowest BCUT2D eigenvalue weighted by Gasteiger charge is -2.08. The predicted molar refractivity (Wildman–Crippen MR) is 103 cm³/mol. The van der Waals surface area contributed by atoms with Crippen LogP contribution in [0.2, 0.25) is 0 Å². The van der Waals surface area contributed by atoms with Crippen LogP contribution in [0.4, 0.5) is 10.8 Å². The van der Waals surface area contributed by atoms with Gasteiger partial charge in [-0.1, -0.05) is 0 Å². The highest BCUT2D eigenvalue weighted by Crippen LogP contribution is 2.35. The first-order chi connectivity index (χ1) is 13.5. The zero-order valence-electron chi connectivity index (χ0n) is 15.1. The molecule has 0 bridgehead atoms. The highest BCUT2D eigenvalue weighted by atomic mass is 32.1. The van der Waals surface area contributed by atoms with Crippen molar-refractivity contribution in [3.63, 3.8) is 0 Å². The van der Waals surface area contributed by atoms with Gasteiger partial charge in [0.25, 0.3) is 0 Å². The van der Waals surface area contributed by atoms with Crippen molar-refractivity contribution in [2.75, 3.05) is 19.5 Å². The fourth-order valence-electron chi connectivity index (χ4n) is 2.44. The Balaban J connectivity index is 1.64. The smallest absolute Gasteiger partial charge is 0.306 e. The highest BCUT2D eigenvalue weighted by Gasteiger charge is 2.14. The number of benzene rings is 1. The minimum Gasteiger partial charge on any atom is -0.497 e. The molecule has 11 heteroatoms. The summed E-state index contributed by atoms with van der Waals surface area (Å²) in [5, 5.41) is 19.5. The number of nitrogens with zero attached hydrogens (tertiary/aromatic N) is 4. The van der Waals surface area contributed by atoms with Gasteiger partial charge >= 0.3 is 5.69 Å². The van der Waals surface area contributed by atoms with Crippen molar-refractivity contribution in [1.29, 1.82) is 0 Å². The summed E-state index contributed by atoms with van der Waals surface area (Å²) in [6.07, 6.45) is 2.53. The maximum absolute atomic E-state index is 12.1. The molecule has 10 nitrogen and oxygen atoms in total. The van der Waals surface area contributed by atoms with Gasteiger partial charge in [0, 0.05) is 23.9 Å². The topological polar surface area (TPSA) is 121 Å². The number of methoxy groups -OCH3 is 2. The molecule has 1 aromatic carbocycles. The largest absolute Gasteiger partial charge is 0.497 e. The fraction of sp³-hybridized carbons (Fsp3) is 0.235. The van der Waals surface area contributed by atoms with E-state index in [0.717, 1.165) is 11.8 Å². The van der Waals surface area contributed by atoms with Gasteiger partial charge in [-0.15, -0.1) is 11.3 Å². The van der Waals surface area contributed by atoms with Gasteiger partial charge in [0.15, 0.2) is 5.13 Å². The third-order valence-corrected chi connectivity index (χ3v) is 4.59. The quantitative estimate of drug-likeness (QED) is 0.453. The maximum atomic E-state index is 12.1. The van der Waals surface area contributed by atoms with Crippen LogP contribution in [0.3, 0.4) is 0 Å². The molecule has 0 aliphatic heterocycles. The molecule has 0 aliphatic rings. The second-order valence-corrected chi connectivity index (χ2v) is 6.48. The molecule has 0 spiro atoms. The molecule has 0 saturated heterocycles. The Bertz CT molecular complexity index is 999. The Kier molecular flexibility index (Phi) is 5.84. The molecular weight excluding hydrogens is 386 g/mol. The molecule has 1 amide bonds. The van der Waals surface area contributed by atoms with Crippen LogP contribution in [-0.4, -0.2) is 39.8 Å². The van der Waals surface area contributed by atoms with E-state index in [1.54, 1.807) is 26.4 Å². The van der Waals surface area contributed by atoms with Crippen molar-refractivity contribution in [3.8, 4) is 22.8 Å². The van der Waals surface area contributed by atoms with Gasteiger partial charge in [0.2, 0.25) is 5.91 Å². The maximum Gasteiger partial charge on any atom is 0.306 e. The second-order valence-electron chi connectivity index (χ2n) is 5.62. The van der Waals surface area contributed by atoms with Crippen molar-refractivity contribution in [2.45, 2.75) is 13.0 Å². The molecule has 3 aromatic rings. The van der Waals surface area contributed by atoms with Gasteiger partial charge in [0.1, 0.15) is 23.9 Å². The van der Waals surface area contributed by atoms with E-state index < -0.39 is 4.92 Å². The van der Waals surface area contributed by atoms with E-state index in [1.807, 2.05) is 11.4 Å². The molecule has 0 saturated carbocycles. The molecule has 28 heavy (non-hydrogen) atoms. The van der Waals surface area contributed by atoms with E-state index in [2.05, 4.69) is 15.4 Å². The van der Waals surface area contributed by atoms with Crippen LogP contribution in [-0.2, 0) is 11.3 Å². The molecule has 1 N–H and O–H groups in total. The summed E-state index contributed by atoms with van der Waals surface area (Å²) in [7, 11) is 3.15. The molecule has 0 radical (unpaired) electrons. The first-order valence-corrected chi connectivity index (χ1v) is 9.02. The third-order valence-electron chi connectivity index (χ3n) is 3.83. The Morgan fingerprint density at radius 2 is 2.18 bits per heavy atom. The van der Waals surface area contributed by atoms with Crippen LogP contribution < -0.4 is 14.8 Å². The average molecular weight is 403 g/mol. The minimum atomic E-state index is -0.534. The molecule has 0 aliphatic carbocycles. The number of ether oxygens (including phenoxy) is 2. The summed E-state index contributed by atoms with van der Waals surface area (Å²) in [5.74, 6) is 1.05. The van der Waals surface area contributed by atoms with E-state index in [9.17, 15) is 14.9 Å². The number of hydrogen-bond acceptors (Lipinski definition) is 8. The summed E-state index contributed by atoms with van der Waals surface area (Å²) in [5.41, 5.74) is 1.29. The summed E-state index contributed by atoms with van der Waals surface area (Å²) < 4.78 is 12.0. The Labute approximate surface area is 163 Å². The van der Waals surface area contributed by atoms with E-state index in [-0.39, 0.29) is 24.6 Å². The van der Waals surface area contributed by atoms with Crippen molar-refractivity contribution < 1.29 is 19.2 Å². The Morgan fingerprint density at radius 1 is 1.36 bits per heavy atom. The van der Waals surface area contributed by atoms with Crippen molar-refractivity contribution >= 4 is 28.1 Å². The Morgan fingerprint density at radius 3 is 2.86 bits per heavy atom. The lowest BCUT2D eigenvalue weighted by atomic mass is 10.1. The molecule has 0 atom stereocenters. The molecule has 2 aromatic heterocycles. The van der Waals surface area contributed by atoms with Crippen molar-refractivity contribution in [1.82, 2.24) is 14.8 Å². The second kappa shape index (κ2) is 8.48. The number of aromatic nitrogens is 3. The van der Waals surface area contributed by atoms with Gasteiger partial charge < -0.3 is 14.8 Å². The lowest BCUT2D eigenvalue weighted by Crippen LogP contribution is -2.14. The molecule has 2 heterocycles. The van der Waals surface area contributed by atoms with Crippen molar-refractivity contribution in [2.24, 2.45) is 0 Å². The molecular formula is C17H17N5O5S. The van der Waals surface area contributed by atoms with Crippen LogP contribution in [0, 0.1) is 10.1 Å². The zero-order chi connectivity index (χ0) is 20.1. The summed E-state index contributed by atoms with van der Waals surface area (Å²) in [6, 6.07) is 5.39. The van der Waals surface area contributed by atoms with Crippen LogP contribution in [0.1, 0.15) is 6.42 Å². The number of carbonyl (C=O) groups excluding carboxylic acids is 1. The highest BCUT2D eigenvalue weighted by molar-refractivity contribution is 7.14. The van der Waals surface area contributed by atoms with E-state index >= 15 is 0 Å². The molecule has 0 unspecified atom stereocenters. The van der Waals surface area contributed by atoms with Crippen molar-refractivity contribution in [3.05, 3.63) is 46.1 Å². The fourth-order valence-corrected chi connectivity index (χ4v) is 3.16. The average Bonchev–Trinajstić information content (AvgIpc) is 3.35. The SMILES string of the molecule is COc1ccc(OC)c(-c2csc(NC(=O)CCn3cc([N+](=O)[O-])cn3)n2)c1. The molecule has 146 valence electrons. The number of nitrogens with one attached hydrogen (secondary N) is 1. The van der Waals surface area contributed by atoms with E-state index in [1.165, 1.54) is 22.2 Å². The zero-order valence-corrected chi connectivity index (χ0v) is 15.9. The Hall–Kier alpha value is -3.47. The summed E-state index contributed by atoms with van der Waals surface area (Å²) >= 11 is 1.28. The van der Waals surface area contributed by atoms with E-state index in [0.29, 0.717) is 22.3 Å². The minimum absolute atomic E-state index is 0.107. The summed E-state index contributed by atoms with van der Waals surface area (Å²) in [6.45, 7) is 0.224. The first kappa shape index (κ1) is 19.3. The monoisotopic (exact) mass is 403 g/mol. The third kappa shape index (κ3) is 4.43.